The van der Waals surface area contributed by atoms with Gasteiger partial charge in [-0.3, -0.25) is 9.87 Å². The van der Waals surface area contributed by atoms with Gasteiger partial charge in [-0.1, -0.05) is 6.58 Å². The van der Waals surface area contributed by atoms with Gasteiger partial charge in [0.15, 0.2) is 6.79 Å². The molecule has 0 spiro atoms. The van der Waals surface area contributed by atoms with E-state index in [1.807, 2.05) is 0 Å². The zero-order valence-corrected chi connectivity index (χ0v) is 11.2. The summed E-state index contributed by atoms with van der Waals surface area (Å²) < 4.78 is 38.8. The van der Waals surface area contributed by atoms with Crippen LogP contribution in [0.15, 0.2) is 12.2 Å². The van der Waals surface area contributed by atoms with E-state index in [2.05, 4.69) is 16.6 Å². The Morgan fingerprint density at radius 2 is 2.06 bits per heavy atom. The van der Waals surface area contributed by atoms with Gasteiger partial charge in [-0.2, -0.15) is 8.42 Å². The molecule has 0 saturated carbocycles. The molecule has 0 aromatic heterocycles. The Bertz CT molecular complexity index is 365. The molecule has 0 rings (SSSR count). The lowest BCUT2D eigenvalue weighted by molar-refractivity contribution is -0.151. The molecule has 0 aliphatic heterocycles. The number of unbranched alkanes of at least 4 members (excludes halogenated alkanes) is 1. The summed E-state index contributed by atoms with van der Waals surface area (Å²) in [5.41, 5.74) is 0.303. The molecule has 0 aliphatic carbocycles. The zero-order chi connectivity index (χ0) is 14.0. The molecule has 0 aromatic rings. The molecule has 0 saturated heterocycles. The van der Waals surface area contributed by atoms with Crippen molar-refractivity contribution in [1.29, 1.82) is 0 Å². The SMILES string of the molecule is C=C(C)C(=O)OCOCNCCCCS(=O)(=O)O. The van der Waals surface area contributed by atoms with Gasteiger partial charge in [0.05, 0.1) is 5.75 Å². The standard InChI is InChI=1S/C10H19NO6S/c1-9(2)10(12)17-8-16-7-11-5-3-4-6-18(13,14)15/h11H,1,3-8H2,2H3,(H,13,14,15). The van der Waals surface area contributed by atoms with E-state index in [0.717, 1.165) is 0 Å². The average Bonchev–Trinajstić information content (AvgIpc) is 2.24. The van der Waals surface area contributed by atoms with Gasteiger partial charge in [-0.05, 0) is 26.3 Å². The number of rotatable bonds is 10. The van der Waals surface area contributed by atoms with Crippen LogP contribution >= 0.6 is 0 Å². The molecule has 18 heavy (non-hydrogen) atoms. The lowest BCUT2D eigenvalue weighted by Gasteiger charge is -2.07. The van der Waals surface area contributed by atoms with Gasteiger partial charge >= 0.3 is 5.97 Å². The van der Waals surface area contributed by atoms with Crippen LogP contribution in [0.3, 0.4) is 0 Å². The largest absolute Gasteiger partial charge is 0.435 e. The van der Waals surface area contributed by atoms with E-state index >= 15 is 0 Å². The second-order valence-electron chi connectivity index (χ2n) is 3.67. The van der Waals surface area contributed by atoms with Crippen molar-refractivity contribution in [1.82, 2.24) is 5.32 Å². The van der Waals surface area contributed by atoms with Crippen LogP contribution in [-0.4, -0.2) is 44.8 Å². The summed E-state index contributed by atoms with van der Waals surface area (Å²) in [5, 5.41) is 2.86. The minimum Gasteiger partial charge on any atom is -0.435 e. The number of ether oxygens (including phenoxy) is 2. The van der Waals surface area contributed by atoms with Gasteiger partial charge in [-0.25, -0.2) is 4.79 Å². The van der Waals surface area contributed by atoms with Crippen LogP contribution in [0, 0.1) is 0 Å². The first-order valence-electron chi connectivity index (χ1n) is 5.39. The van der Waals surface area contributed by atoms with Crippen molar-refractivity contribution in [3.05, 3.63) is 12.2 Å². The molecule has 0 bridgehead atoms. The zero-order valence-electron chi connectivity index (χ0n) is 10.3. The molecule has 8 heteroatoms. The van der Waals surface area contributed by atoms with Gasteiger partial charge in [0.25, 0.3) is 10.1 Å². The van der Waals surface area contributed by atoms with Gasteiger partial charge in [0, 0.05) is 5.57 Å². The van der Waals surface area contributed by atoms with E-state index in [4.69, 9.17) is 9.29 Å². The van der Waals surface area contributed by atoms with Crippen molar-refractivity contribution in [2.75, 3.05) is 25.8 Å². The van der Waals surface area contributed by atoms with Gasteiger partial charge in [0.1, 0.15) is 6.73 Å². The van der Waals surface area contributed by atoms with Crippen LogP contribution in [0.1, 0.15) is 19.8 Å². The lowest BCUT2D eigenvalue weighted by Crippen LogP contribution is -2.21. The van der Waals surface area contributed by atoms with Gasteiger partial charge in [0.2, 0.25) is 0 Å². The summed E-state index contributed by atoms with van der Waals surface area (Å²) in [5.74, 6) is -0.755. The molecular formula is C10H19NO6S. The summed E-state index contributed by atoms with van der Waals surface area (Å²) in [7, 11) is -3.87. The predicted octanol–water partition coefficient (Wildman–Crippen LogP) is 0.295. The fourth-order valence-corrected chi connectivity index (χ4v) is 1.51. The molecule has 106 valence electrons. The molecule has 0 aliphatic rings. The highest BCUT2D eigenvalue weighted by atomic mass is 32.2. The average molecular weight is 281 g/mol. The van der Waals surface area contributed by atoms with Crippen molar-refractivity contribution >= 4 is 16.1 Å². The fraction of sp³-hybridized carbons (Fsp3) is 0.700. The summed E-state index contributed by atoms with van der Waals surface area (Å²) >= 11 is 0. The first-order chi connectivity index (χ1) is 8.33. The molecule has 7 nitrogen and oxygen atoms in total. The van der Waals surface area contributed by atoms with Crippen molar-refractivity contribution < 1.29 is 27.2 Å². The van der Waals surface area contributed by atoms with E-state index < -0.39 is 16.1 Å². The second kappa shape index (κ2) is 9.03. The number of carbonyl (C=O) groups excluding carboxylic acids is 1. The highest BCUT2D eigenvalue weighted by Crippen LogP contribution is 1.93. The quantitative estimate of drug-likeness (QED) is 0.195. The highest BCUT2D eigenvalue weighted by Gasteiger charge is 2.03. The maximum Gasteiger partial charge on any atom is 0.335 e. The summed E-state index contributed by atoms with van der Waals surface area (Å²) in [6.07, 6.45) is 0.963. The lowest BCUT2D eigenvalue weighted by atomic mass is 10.3. The fourth-order valence-electron chi connectivity index (χ4n) is 0.939. The predicted molar refractivity (Wildman–Crippen MR) is 65.4 cm³/mol. The Morgan fingerprint density at radius 1 is 1.39 bits per heavy atom. The van der Waals surface area contributed by atoms with Crippen molar-refractivity contribution in [2.24, 2.45) is 0 Å². The summed E-state index contributed by atoms with van der Waals surface area (Å²) in [6.45, 7) is 5.52. The van der Waals surface area contributed by atoms with Crippen LogP contribution in [0.2, 0.25) is 0 Å². The molecule has 0 aromatic carbocycles. The minimum absolute atomic E-state index is 0.163. The Hall–Kier alpha value is -0.960. The maximum atomic E-state index is 10.9. The first kappa shape index (κ1) is 17.0. The number of nitrogens with one attached hydrogen (secondary N) is 1. The Labute approximate surface area is 107 Å². The smallest absolute Gasteiger partial charge is 0.335 e. The van der Waals surface area contributed by atoms with Gasteiger partial charge in [-0.15, -0.1) is 0 Å². The molecular weight excluding hydrogens is 262 g/mol. The van der Waals surface area contributed by atoms with Crippen molar-refractivity contribution in [2.45, 2.75) is 19.8 Å². The Morgan fingerprint density at radius 3 is 2.61 bits per heavy atom. The van der Waals surface area contributed by atoms with Crippen LogP contribution < -0.4 is 5.32 Å². The molecule has 2 N–H and O–H groups in total. The van der Waals surface area contributed by atoms with Crippen LogP contribution in [0.25, 0.3) is 0 Å². The molecule has 0 heterocycles. The number of hydrogen-bond donors (Lipinski definition) is 2. The third-order valence-corrected chi connectivity index (χ3v) is 2.64. The topological polar surface area (TPSA) is 102 Å². The monoisotopic (exact) mass is 281 g/mol. The van der Waals surface area contributed by atoms with Gasteiger partial charge < -0.3 is 9.47 Å². The normalized spacial score (nSPS) is 11.2. The molecule has 0 radical (unpaired) electrons. The molecule has 0 unspecified atom stereocenters. The van der Waals surface area contributed by atoms with Crippen LogP contribution in [0.4, 0.5) is 0 Å². The Balaban J connectivity index is 3.27. The van der Waals surface area contributed by atoms with Crippen LogP contribution in [0.5, 0.6) is 0 Å². The molecule has 0 fully saturated rings. The molecule has 0 atom stereocenters. The van der Waals surface area contributed by atoms with E-state index in [1.165, 1.54) is 6.92 Å². The third kappa shape index (κ3) is 11.5. The first-order valence-corrected chi connectivity index (χ1v) is 7.00. The molecule has 0 amide bonds. The summed E-state index contributed by atoms with van der Waals surface area (Å²) in [4.78, 5) is 10.9. The van der Waals surface area contributed by atoms with Crippen molar-refractivity contribution in [3.8, 4) is 0 Å². The van der Waals surface area contributed by atoms with Crippen LogP contribution in [-0.2, 0) is 24.4 Å². The minimum atomic E-state index is -3.87. The number of esters is 1. The second-order valence-corrected chi connectivity index (χ2v) is 5.24. The number of carbonyl (C=O) groups is 1. The third-order valence-electron chi connectivity index (χ3n) is 1.83. The van der Waals surface area contributed by atoms with Crippen molar-refractivity contribution in [3.63, 3.8) is 0 Å². The van der Waals surface area contributed by atoms with E-state index in [1.54, 1.807) is 0 Å². The Kier molecular flexibility index (Phi) is 8.55. The van der Waals surface area contributed by atoms with E-state index in [-0.39, 0.29) is 19.3 Å². The number of hydrogen-bond acceptors (Lipinski definition) is 6. The highest BCUT2D eigenvalue weighted by molar-refractivity contribution is 7.85. The maximum absolute atomic E-state index is 10.9. The van der Waals surface area contributed by atoms with E-state index in [9.17, 15) is 13.2 Å². The van der Waals surface area contributed by atoms with E-state index in [0.29, 0.717) is 25.0 Å². The summed E-state index contributed by atoms with van der Waals surface area (Å²) in [6, 6.07) is 0.